The van der Waals surface area contributed by atoms with E-state index in [1.165, 1.54) is 0 Å². The van der Waals surface area contributed by atoms with Crippen LogP contribution in [0.5, 0.6) is 0 Å². The molecule has 0 radical (unpaired) electrons. The summed E-state index contributed by atoms with van der Waals surface area (Å²) in [7, 11) is 0. The van der Waals surface area contributed by atoms with Crippen molar-refractivity contribution in [2.45, 2.75) is 6.54 Å². The van der Waals surface area contributed by atoms with Crippen molar-refractivity contribution in [3.8, 4) is 0 Å². The predicted molar refractivity (Wildman–Crippen MR) is 204 cm³/mol. The van der Waals surface area contributed by atoms with E-state index in [0.29, 0.717) is 5.56 Å². The molecule has 0 saturated heterocycles. The second-order valence-electron chi connectivity index (χ2n) is 14.2. The summed E-state index contributed by atoms with van der Waals surface area (Å²) in [5.41, 5.74) is -4.52. The van der Waals surface area contributed by atoms with Gasteiger partial charge < -0.3 is 4.74 Å². The van der Waals surface area contributed by atoms with Crippen LogP contribution in [-0.2, 0) is 11.3 Å². The molecule has 0 spiro atoms. The van der Waals surface area contributed by atoms with Crippen LogP contribution in [0.4, 0.5) is 87.8 Å². The molecule has 0 unspecified atom stereocenters. The van der Waals surface area contributed by atoms with Gasteiger partial charge >= 0.3 is 5.97 Å². The maximum atomic E-state index is 15.4. The average molecular weight is 1030 g/mol. The van der Waals surface area contributed by atoms with E-state index in [2.05, 4.69) is 10.0 Å². The molecule has 0 atom stereocenters. The van der Waals surface area contributed by atoms with Gasteiger partial charge in [-0.2, -0.15) is 4.57 Å². The first-order valence-corrected chi connectivity index (χ1v) is 18.8. The van der Waals surface area contributed by atoms with E-state index in [0.717, 1.165) is 10.9 Å². The molecule has 0 N–H and O–H groups in total. The van der Waals surface area contributed by atoms with Gasteiger partial charge in [0.25, 0.3) is 5.69 Å². The first-order chi connectivity index (χ1) is 33.4. The number of ketones is 1. The molecule has 7 rings (SSSR count). The van der Waals surface area contributed by atoms with Crippen molar-refractivity contribution in [3.05, 3.63) is 205 Å². The summed E-state index contributed by atoms with van der Waals surface area (Å²) in [6.07, 6.45) is -7.22. The Morgan fingerprint density at radius 2 is 0.775 bits per heavy atom. The number of carbonyl (C=O) groups is 2. The van der Waals surface area contributed by atoms with Gasteiger partial charge in [0.15, 0.2) is 76.5 Å². The van der Waals surface area contributed by atoms with E-state index in [-0.39, 0.29) is 18.0 Å². The standard InChI is InChI=1S/C24BF20.C19H15N4O3/c26-5-1(6(27)14(35)21(42)13(5)34)25(2-7(28)15(36)22(43)16(37)8(2)29,3-9(30)17(38)23(44)18(39)10(3)31)4-11(32)19(40)24(45)20(41)12(4)33;20-22-21-13-26-19(25)17-11-10-14-6-4-5-9-16(14)23(17)12-18(24)15-7-2-1-3-8-15/h;1-11H,12-13H2/q-1;+1. The molecule has 0 saturated carbocycles. The van der Waals surface area contributed by atoms with Gasteiger partial charge in [-0.3, -0.25) is 4.79 Å². The predicted octanol–water partition coefficient (Wildman–Crippen LogP) is 9.28. The van der Waals surface area contributed by atoms with E-state index >= 15 is 35.1 Å². The van der Waals surface area contributed by atoms with E-state index in [4.69, 9.17) is 10.3 Å². The van der Waals surface area contributed by atoms with E-state index in [1.807, 2.05) is 30.3 Å². The summed E-state index contributed by atoms with van der Waals surface area (Å²) in [5, 5.41) is 4.09. The van der Waals surface area contributed by atoms with Crippen molar-refractivity contribution in [2.24, 2.45) is 5.11 Å². The minimum Gasteiger partial charge on any atom is -0.452 e. The van der Waals surface area contributed by atoms with Gasteiger partial charge in [-0.15, -0.1) is 21.9 Å². The monoisotopic (exact) mass is 1030 g/mol. The third-order valence-corrected chi connectivity index (χ3v) is 10.6. The number of hydrogen-bond donors (Lipinski definition) is 0. The highest BCUT2D eigenvalue weighted by Gasteiger charge is 2.52. The molecule has 368 valence electrons. The number of carbonyl (C=O) groups excluding carboxylic acids is 2. The minimum absolute atomic E-state index is 0.0165. The lowest BCUT2D eigenvalue weighted by molar-refractivity contribution is -0.659. The summed E-state index contributed by atoms with van der Waals surface area (Å²) < 4.78 is 301. The molecule has 7 aromatic rings. The highest BCUT2D eigenvalue weighted by molar-refractivity contribution is 7.20. The fourth-order valence-corrected chi connectivity index (χ4v) is 7.53. The molecular formula is C43H15BF20N4O3. The Labute approximate surface area is 380 Å². The molecular weight excluding hydrogens is 1010 g/mol. The third kappa shape index (κ3) is 8.56. The Morgan fingerprint density at radius 3 is 1.13 bits per heavy atom. The molecule has 1 aromatic heterocycles. The lowest BCUT2D eigenvalue weighted by Gasteiger charge is -2.44. The molecule has 71 heavy (non-hydrogen) atoms. The van der Waals surface area contributed by atoms with E-state index < -0.39 is 157 Å². The van der Waals surface area contributed by atoms with Crippen molar-refractivity contribution in [2.75, 3.05) is 6.73 Å². The first kappa shape index (κ1) is 52.2. The average Bonchev–Trinajstić information content (AvgIpc) is 3.36. The lowest BCUT2D eigenvalue weighted by Crippen LogP contribution is -2.81. The SMILES string of the molecule is Fc1c(F)c(F)c([B-](c2c(F)c(F)c(F)c(F)c2F)(c2c(F)c(F)c(F)c(F)c2F)c2c(F)c(F)c(F)c(F)c2F)c(F)c1F.[N-]=[N+]=NCOC(=O)c1ccc2ccccc2[n+]1CC(=O)c1ccccc1. The number of halogens is 20. The van der Waals surface area contributed by atoms with Crippen molar-refractivity contribution in [1.29, 1.82) is 0 Å². The first-order valence-electron chi connectivity index (χ1n) is 18.8. The zero-order chi connectivity index (χ0) is 52.7. The number of ether oxygens (including phenoxy) is 1. The molecule has 0 aliphatic carbocycles. The third-order valence-electron chi connectivity index (χ3n) is 10.6. The topological polar surface area (TPSA) is 96.0 Å². The fraction of sp³-hybridized carbons (Fsp3) is 0.0465. The van der Waals surface area contributed by atoms with Gasteiger partial charge in [0.05, 0.1) is 0 Å². The Hall–Kier alpha value is -8.16. The highest BCUT2D eigenvalue weighted by atomic mass is 19.2. The van der Waals surface area contributed by atoms with Crippen LogP contribution < -0.4 is 26.4 Å². The molecule has 0 aliphatic rings. The molecule has 0 fully saturated rings. The van der Waals surface area contributed by atoms with E-state index in [1.54, 1.807) is 41.0 Å². The molecule has 0 bridgehead atoms. The van der Waals surface area contributed by atoms with Gasteiger partial charge in [-0.05, 0) is 17.7 Å². The summed E-state index contributed by atoms with van der Waals surface area (Å²) in [4.78, 5) is 27.6. The minimum atomic E-state index is -7.22. The zero-order valence-corrected chi connectivity index (χ0v) is 33.9. The Kier molecular flexibility index (Phi) is 14.8. The number of benzene rings is 6. The highest BCUT2D eigenvalue weighted by Crippen LogP contribution is 2.31. The van der Waals surface area contributed by atoms with Gasteiger partial charge in [0.1, 0.15) is 52.7 Å². The number of azide groups is 1. The Bertz CT molecular complexity index is 3030. The molecule has 28 heteroatoms. The summed E-state index contributed by atoms with van der Waals surface area (Å²) >= 11 is 0. The maximum Gasteiger partial charge on any atom is 0.403 e. The number of para-hydroxylation sites is 1. The van der Waals surface area contributed by atoms with Gasteiger partial charge in [0.2, 0.25) is 17.8 Å². The van der Waals surface area contributed by atoms with Gasteiger partial charge in [-0.1, -0.05) is 47.6 Å². The molecule has 0 aliphatic heterocycles. The molecule has 1 heterocycles. The zero-order valence-electron chi connectivity index (χ0n) is 33.9. The number of nitrogens with zero attached hydrogens (tertiary/aromatic N) is 4. The van der Waals surface area contributed by atoms with Crippen LogP contribution >= 0.6 is 0 Å². The van der Waals surface area contributed by atoms with Crippen LogP contribution in [-0.4, -0.2) is 24.6 Å². The smallest absolute Gasteiger partial charge is 0.403 e. The Balaban J connectivity index is 0.000000268. The maximum absolute atomic E-state index is 15.4. The van der Waals surface area contributed by atoms with Crippen LogP contribution in [0.1, 0.15) is 20.8 Å². The van der Waals surface area contributed by atoms with Crippen LogP contribution in [0.3, 0.4) is 0 Å². The van der Waals surface area contributed by atoms with Crippen LogP contribution in [0.25, 0.3) is 21.3 Å². The van der Waals surface area contributed by atoms with Crippen molar-refractivity contribution in [3.63, 3.8) is 0 Å². The van der Waals surface area contributed by atoms with Crippen molar-refractivity contribution >= 4 is 50.7 Å². The quantitative estimate of drug-likeness (QED) is 0.0131. The fourth-order valence-electron chi connectivity index (χ4n) is 7.53. The molecule has 6 aromatic carbocycles. The number of fused-ring (bicyclic) bond motifs is 1. The van der Waals surface area contributed by atoms with E-state index in [9.17, 15) is 62.3 Å². The molecule has 0 amide bonds. The number of pyridine rings is 1. The van der Waals surface area contributed by atoms with Crippen LogP contribution in [0, 0.1) is 116 Å². The molecule has 7 nitrogen and oxygen atoms in total. The largest absolute Gasteiger partial charge is 0.452 e. The lowest BCUT2D eigenvalue weighted by atomic mass is 9.12. The number of rotatable bonds is 10. The van der Waals surface area contributed by atoms with Gasteiger partial charge in [0, 0.05) is 28.0 Å². The summed E-state index contributed by atoms with van der Waals surface area (Å²) in [6, 6.07) is 19.7. The summed E-state index contributed by atoms with van der Waals surface area (Å²) in [6.45, 7) is -0.424. The van der Waals surface area contributed by atoms with Crippen molar-refractivity contribution in [1.82, 2.24) is 0 Å². The number of esters is 1. The Morgan fingerprint density at radius 1 is 0.451 bits per heavy atom. The normalized spacial score (nSPS) is 11.3. The van der Waals surface area contributed by atoms with Crippen LogP contribution in [0.2, 0.25) is 0 Å². The second-order valence-corrected chi connectivity index (χ2v) is 14.2. The van der Waals surface area contributed by atoms with Crippen LogP contribution in [0.15, 0.2) is 71.8 Å². The van der Waals surface area contributed by atoms with Gasteiger partial charge in [-0.25, -0.2) is 92.6 Å². The number of Topliss-reactive ketones (excluding diaryl/α,β-unsaturated/α-hetero) is 1. The summed E-state index contributed by atoms with van der Waals surface area (Å²) in [5.74, 6) is -72.2. The number of hydrogen-bond acceptors (Lipinski definition) is 4. The second kappa shape index (κ2) is 20.1. The van der Waals surface area contributed by atoms with Crippen molar-refractivity contribution < 1.29 is 107 Å². The number of aromatic nitrogens is 1.